The quantitative estimate of drug-likeness (QED) is 0.755. The number of rotatable bonds is 5. The Labute approximate surface area is 158 Å². The zero-order valence-corrected chi connectivity index (χ0v) is 16.0. The third-order valence-corrected chi connectivity index (χ3v) is 4.98. The van der Waals surface area contributed by atoms with Gasteiger partial charge < -0.3 is 16.0 Å². The number of hydrogen-bond acceptors (Lipinski definition) is 4. The van der Waals surface area contributed by atoms with Crippen molar-refractivity contribution in [3.63, 3.8) is 0 Å². The first kappa shape index (κ1) is 21.1. The molecular formula is C16H23Cl2N3O2S. The summed E-state index contributed by atoms with van der Waals surface area (Å²) in [5.41, 5.74) is 5.91. The minimum Gasteiger partial charge on any atom is -0.355 e. The van der Waals surface area contributed by atoms with Gasteiger partial charge in [0.1, 0.15) is 0 Å². The number of nitrogens with zero attached hydrogens (tertiary/aromatic N) is 1. The Bertz CT molecular complexity index is 586. The summed E-state index contributed by atoms with van der Waals surface area (Å²) in [5.74, 6) is -0.319. The molecular weight excluding hydrogens is 369 g/mol. The molecule has 24 heavy (non-hydrogen) atoms. The summed E-state index contributed by atoms with van der Waals surface area (Å²) >= 11 is 7.75. The minimum absolute atomic E-state index is 0. The smallest absolute Gasteiger partial charge is 0.255 e. The largest absolute Gasteiger partial charge is 0.355 e. The number of piperidine rings is 1. The van der Waals surface area contributed by atoms with Gasteiger partial charge in [0.05, 0.1) is 16.5 Å². The SMILES string of the molecule is CSc1ccc(Cl)c(C(=O)N2CCCC(C(=O)NCCN)C2)c1.Cl. The molecule has 0 aromatic heterocycles. The molecule has 2 rings (SSSR count). The molecule has 3 N–H and O–H groups in total. The fourth-order valence-corrected chi connectivity index (χ4v) is 3.32. The van der Waals surface area contributed by atoms with Crippen molar-refractivity contribution >= 4 is 47.6 Å². The molecule has 8 heteroatoms. The van der Waals surface area contributed by atoms with E-state index in [-0.39, 0.29) is 30.1 Å². The van der Waals surface area contributed by atoms with Gasteiger partial charge in [-0.2, -0.15) is 0 Å². The van der Waals surface area contributed by atoms with Gasteiger partial charge in [-0.1, -0.05) is 11.6 Å². The molecule has 0 aliphatic carbocycles. The second-order valence-electron chi connectivity index (χ2n) is 5.52. The molecule has 1 unspecified atom stereocenters. The molecule has 2 amide bonds. The predicted molar refractivity (Wildman–Crippen MR) is 101 cm³/mol. The molecule has 0 radical (unpaired) electrons. The van der Waals surface area contributed by atoms with Crippen molar-refractivity contribution in [2.24, 2.45) is 11.7 Å². The van der Waals surface area contributed by atoms with Gasteiger partial charge in [0.15, 0.2) is 0 Å². The molecule has 1 aromatic rings. The number of carbonyl (C=O) groups is 2. The lowest BCUT2D eigenvalue weighted by Crippen LogP contribution is -2.46. The van der Waals surface area contributed by atoms with E-state index in [1.54, 1.807) is 22.7 Å². The first-order valence-electron chi connectivity index (χ1n) is 7.67. The summed E-state index contributed by atoms with van der Waals surface area (Å²) < 4.78 is 0. The van der Waals surface area contributed by atoms with Gasteiger partial charge in [0, 0.05) is 31.1 Å². The lowest BCUT2D eigenvalue weighted by Gasteiger charge is -2.32. The van der Waals surface area contributed by atoms with E-state index in [9.17, 15) is 9.59 Å². The molecule has 1 heterocycles. The molecule has 134 valence electrons. The number of benzene rings is 1. The van der Waals surface area contributed by atoms with E-state index in [1.807, 2.05) is 18.4 Å². The number of likely N-dealkylation sites (tertiary alicyclic amines) is 1. The van der Waals surface area contributed by atoms with E-state index >= 15 is 0 Å². The summed E-state index contributed by atoms with van der Waals surface area (Å²) in [6.45, 7) is 1.96. The van der Waals surface area contributed by atoms with Crippen molar-refractivity contribution < 1.29 is 9.59 Å². The number of nitrogens with one attached hydrogen (secondary N) is 1. The van der Waals surface area contributed by atoms with Crippen LogP contribution in [0.5, 0.6) is 0 Å². The van der Waals surface area contributed by atoms with Crippen molar-refractivity contribution in [2.45, 2.75) is 17.7 Å². The van der Waals surface area contributed by atoms with Crippen LogP contribution in [-0.4, -0.2) is 49.1 Å². The summed E-state index contributed by atoms with van der Waals surface area (Å²) in [7, 11) is 0. The van der Waals surface area contributed by atoms with Crippen LogP contribution in [0.15, 0.2) is 23.1 Å². The fourth-order valence-electron chi connectivity index (χ4n) is 2.68. The fraction of sp³-hybridized carbons (Fsp3) is 0.500. The van der Waals surface area contributed by atoms with E-state index in [4.69, 9.17) is 17.3 Å². The minimum atomic E-state index is -0.179. The number of nitrogens with two attached hydrogens (primary N) is 1. The van der Waals surface area contributed by atoms with Crippen LogP contribution in [-0.2, 0) is 4.79 Å². The first-order valence-corrected chi connectivity index (χ1v) is 9.27. The number of hydrogen-bond donors (Lipinski definition) is 2. The summed E-state index contributed by atoms with van der Waals surface area (Å²) in [6, 6.07) is 5.45. The van der Waals surface area contributed by atoms with Crippen molar-refractivity contribution in [3.05, 3.63) is 28.8 Å². The molecule has 1 aromatic carbocycles. The Morgan fingerprint density at radius 3 is 2.88 bits per heavy atom. The van der Waals surface area contributed by atoms with E-state index in [0.29, 0.717) is 36.8 Å². The maximum atomic E-state index is 12.8. The summed E-state index contributed by atoms with van der Waals surface area (Å²) in [4.78, 5) is 27.6. The number of thioether (sulfide) groups is 1. The van der Waals surface area contributed by atoms with Crippen LogP contribution in [0.3, 0.4) is 0 Å². The Kier molecular flexibility index (Phi) is 8.91. The van der Waals surface area contributed by atoms with Gasteiger partial charge >= 0.3 is 0 Å². The highest BCUT2D eigenvalue weighted by molar-refractivity contribution is 7.98. The molecule has 1 fully saturated rings. The Hall–Kier alpha value is -0.950. The Balaban J connectivity index is 0.00000288. The van der Waals surface area contributed by atoms with E-state index in [0.717, 1.165) is 17.7 Å². The van der Waals surface area contributed by atoms with E-state index in [2.05, 4.69) is 5.32 Å². The van der Waals surface area contributed by atoms with Gasteiger partial charge in [-0.15, -0.1) is 24.2 Å². The van der Waals surface area contributed by atoms with Gasteiger partial charge in [-0.3, -0.25) is 9.59 Å². The summed E-state index contributed by atoms with van der Waals surface area (Å²) in [6.07, 6.45) is 3.56. The highest BCUT2D eigenvalue weighted by Gasteiger charge is 2.29. The Morgan fingerprint density at radius 2 is 2.21 bits per heavy atom. The highest BCUT2D eigenvalue weighted by Crippen LogP contribution is 2.26. The topological polar surface area (TPSA) is 75.4 Å². The van der Waals surface area contributed by atoms with Crippen molar-refractivity contribution in [3.8, 4) is 0 Å². The van der Waals surface area contributed by atoms with E-state index in [1.165, 1.54) is 0 Å². The van der Waals surface area contributed by atoms with Crippen LogP contribution in [0.1, 0.15) is 23.2 Å². The molecule has 1 aliphatic rings. The van der Waals surface area contributed by atoms with Gasteiger partial charge in [0.25, 0.3) is 5.91 Å². The molecule has 5 nitrogen and oxygen atoms in total. The first-order chi connectivity index (χ1) is 11.1. The molecule has 1 aliphatic heterocycles. The van der Waals surface area contributed by atoms with Gasteiger partial charge in [-0.05, 0) is 37.3 Å². The van der Waals surface area contributed by atoms with Crippen LogP contribution in [0.25, 0.3) is 0 Å². The average Bonchev–Trinajstić information content (AvgIpc) is 2.59. The maximum absolute atomic E-state index is 12.8. The van der Waals surface area contributed by atoms with Gasteiger partial charge in [-0.25, -0.2) is 0 Å². The monoisotopic (exact) mass is 391 g/mol. The zero-order valence-electron chi connectivity index (χ0n) is 13.6. The zero-order chi connectivity index (χ0) is 16.8. The molecule has 1 atom stereocenters. The third kappa shape index (κ3) is 5.28. The van der Waals surface area contributed by atoms with Crippen LogP contribution in [0.4, 0.5) is 0 Å². The lowest BCUT2D eigenvalue weighted by atomic mass is 9.96. The number of amides is 2. The molecule has 0 saturated carbocycles. The third-order valence-electron chi connectivity index (χ3n) is 3.93. The van der Waals surface area contributed by atoms with Crippen LogP contribution in [0.2, 0.25) is 5.02 Å². The molecule has 1 saturated heterocycles. The van der Waals surface area contributed by atoms with Crippen LogP contribution in [0, 0.1) is 5.92 Å². The predicted octanol–water partition coefficient (Wildman–Crippen LogP) is 2.41. The van der Waals surface area contributed by atoms with Crippen LogP contribution < -0.4 is 11.1 Å². The van der Waals surface area contributed by atoms with Crippen LogP contribution >= 0.6 is 35.8 Å². The van der Waals surface area contributed by atoms with Gasteiger partial charge in [0.2, 0.25) is 5.91 Å². The lowest BCUT2D eigenvalue weighted by molar-refractivity contribution is -0.126. The molecule has 0 spiro atoms. The van der Waals surface area contributed by atoms with Crippen molar-refractivity contribution in [1.82, 2.24) is 10.2 Å². The summed E-state index contributed by atoms with van der Waals surface area (Å²) in [5, 5.41) is 3.25. The number of carbonyl (C=O) groups excluding carboxylic acids is 2. The average molecular weight is 392 g/mol. The van der Waals surface area contributed by atoms with Crippen molar-refractivity contribution in [2.75, 3.05) is 32.4 Å². The maximum Gasteiger partial charge on any atom is 0.255 e. The second-order valence-corrected chi connectivity index (χ2v) is 6.80. The highest BCUT2D eigenvalue weighted by atomic mass is 35.5. The normalized spacial score (nSPS) is 17.1. The number of halogens is 2. The molecule has 0 bridgehead atoms. The standard InChI is InChI=1S/C16H22ClN3O2S.ClH/c1-23-12-4-5-14(17)13(9-12)16(22)20-8-2-3-11(10-20)15(21)19-7-6-18;/h4-5,9,11H,2-3,6-8,10,18H2,1H3,(H,19,21);1H. The Morgan fingerprint density at radius 1 is 1.46 bits per heavy atom. The van der Waals surface area contributed by atoms with Crippen molar-refractivity contribution in [1.29, 1.82) is 0 Å². The second kappa shape index (κ2) is 10.1. The van der Waals surface area contributed by atoms with E-state index < -0.39 is 0 Å².